The molecule has 2 aromatic carbocycles. The van der Waals surface area contributed by atoms with Crippen LogP contribution in [0.5, 0.6) is 11.5 Å². The van der Waals surface area contributed by atoms with E-state index in [0.29, 0.717) is 0 Å². The predicted molar refractivity (Wildman–Crippen MR) is 74.3 cm³/mol. The van der Waals surface area contributed by atoms with Crippen LogP contribution in [0.1, 0.15) is 5.56 Å². The molecule has 0 heterocycles. The van der Waals surface area contributed by atoms with E-state index in [2.05, 4.69) is 0 Å². The van der Waals surface area contributed by atoms with Crippen molar-refractivity contribution >= 4 is 28.9 Å². The molecule has 20 heavy (non-hydrogen) atoms. The number of hydrogen-bond acceptors (Lipinski definition) is 4. The number of benzene rings is 2. The molecule has 5 nitrogen and oxygen atoms in total. The lowest BCUT2D eigenvalue weighted by Gasteiger charge is -2.08. The van der Waals surface area contributed by atoms with Crippen molar-refractivity contribution in [3.63, 3.8) is 0 Å². The maximum atomic E-state index is 10.9. The number of nitro groups is 1. The number of hydrogen-bond donors (Lipinski definition) is 0. The van der Waals surface area contributed by atoms with Crippen LogP contribution in [0.25, 0.3) is 0 Å². The van der Waals surface area contributed by atoms with Crippen LogP contribution in [0.2, 0.25) is 10.0 Å². The summed E-state index contributed by atoms with van der Waals surface area (Å²) < 4.78 is 5.41. The van der Waals surface area contributed by atoms with E-state index in [0.717, 1.165) is 0 Å². The molecule has 0 aromatic heterocycles. The molecule has 0 spiro atoms. The van der Waals surface area contributed by atoms with E-state index in [-0.39, 0.29) is 32.8 Å². The summed E-state index contributed by atoms with van der Waals surface area (Å²) in [4.78, 5) is 10.3. The van der Waals surface area contributed by atoms with Crippen LogP contribution in [0.3, 0.4) is 0 Å². The van der Waals surface area contributed by atoms with E-state index < -0.39 is 4.92 Å². The standard InChI is InChI=1S/C13H6Cl2N2O3/c14-10-2-1-3-12(17(18)19)13(10)20-9-5-4-8(7-16)11(15)6-9/h1-6H. The van der Waals surface area contributed by atoms with E-state index in [1.807, 2.05) is 6.07 Å². The van der Waals surface area contributed by atoms with Crippen molar-refractivity contribution in [1.82, 2.24) is 0 Å². The van der Waals surface area contributed by atoms with Gasteiger partial charge >= 0.3 is 5.69 Å². The molecule has 2 rings (SSSR count). The lowest BCUT2D eigenvalue weighted by atomic mass is 10.2. The molecule has 100 valence electrons. The molecule has 0 fully saturated rings. The third-order valence-corrected chi connectivity index (χ3v) is 3.03. The molecule has 0 saturated heterocycles. The van der Waals surface area contributed by atoms with Gasteiger partial charge in [0.25, 0.3) is 0 Å². The molecule has 0 aliphatic heterocycles. The number of nitro benzene ring substituents is 1. The Bertz CT molecular complexity index is 726. The molecule has 0 aliphatic carbocycles. The lowest BCUT2D eigenvalue weighted by molar-refractivity contribution is -0.385. The van der Waals surface area contributed by atoms with E-state index in [1.54, 1.807) is 0 Å². The molecule has 0 atom stereocenters. The number of nitrogens with zero attached hydrogens (tertiary/aromatic N) is 2. The Hall–Kier alpha value is -2.29. The van der Waals surface area contributed by atoms with Gasteiger partial charge in [-0.2, -0.15) is 5.26 Å². The number of ether oxygens (including phenoxy) is 1. The summed E-state index contributed by atoms with van der Waals surface area (Å²) >= 11 is 11.8. The van der Waals surface area contributed by atoms with E-state index in [4.69, 9.17) is 33.2 Å². The highest BCUT2D eigenvalue weighted by atomic mass is 35.5. The Morgan fingerprint density at radius 2 is 1.95 bits per heavy atom. The molecule has 0 unspecified atom stereocenters. The fraction of sp³-hybridized carbons (Fsp3) is 0. The van der Waals surface area contributed by atoms with Gasteiger partial charge in [-0.1, -0.05) is 29.3 Å². The summed E-state index contributed by atoms with van der Waals surface area (Å²) in [5, 5.41) is 20.0. The molecule has 2 aromatic rings. The summed E-state index contributed by atoms with van der Waals surface area (Å²) in [6, 6.07) is 10.5. The van der Waals surface area contributed by atoms with Gasteiger partial charge in [-0.3, -0.25) is 10.1 Å². The lowest BCUT2D eigenvalue weighted by Crippen LogP contribution is -1.94. The maximum Gasteiger partial charge on any atom is 0.313 e. The second-order valence-corrected chi connectivity index (χ2v) is 4.52. The summed E-state index contributed by atoms with van der Waals surface area (Å²) in [6.45, 7) is 0. The first-order chi connectivity index (χ1) is 9.52. The minimum Gasteiger partial charge on any atom is -0.448 e. The highest BCUT2D eigenvalue weighted by molar-refractivity contribution is 6.32. The summed E-state index contributed by atoms with van der Waals surface area (Å²) in [5.74, 6) is 0.185. The number of para-hydroxylation sites is 1. The Labute approximate surface area is 124 Å². The van der Waals surface area contributed by atoms with Crippen LogP contribution in [0.4, 0.5) is 5.69 Å². The van der Waals surface area contributed by atoms with Gasteiger partial charge in [0.05, 0.1) is 20.5 Å². The third-order valence-electron chi connectivity index (χ3n) is 2.42. The van der Waals surface area contributed by atoms with Gasteiger partial charge in [0.2, 0.25) is 5.75 Å². The number of nitriles is 1. The zero-order valence-corrected chi connectivity index (χ0v) is 11.4. The van der Waals surface area contributed by atoms with E-state index in [1.165, 1.54) is 36.4 Å². The second kappa shape index (κ2) is 5.78. The average Bonchev–Trinajstić information content (AvgIpc) is 2.41. The molecule has 0 bridgehead atoms. The highest BCUT2D eigenvalue weighted by Gasteiger charge is 2.19. The average molecular weight is 309 g/mol. The van der Waals surface area contributed by atoms with Crippen molar-refractivity contribution < 1.29 is 9.66 Å². The highest BCUT2D eigenvalue weighted by Crippen LogP contribution is 2.38. The van der Waals surface area contributed by atoms with Gasteiger partial charge in [-0.25, -0.2) is 0 Å². The molecular weight excluding hydrogens is 303 g/mol. The van der Waals surface area contributed by atoms with Gasteiger partial charge in [-0.05, 0) is 18.2 Å². The summed E-state index contributed by atoms with van der Waals surface area (Å²) in [5.41, 5.74) is 0.0330. The van der Waals surface area contributed by atoms with Gasteiger partial charge < -0.3 is 4.74 Å². The van der Waals surface area contributed by atoms with Crippen LogP contribution in [-0.2, 0) is 0 Å². The Balaban J connectivity index is 2.43. The molecule has 0 aliphatic rings. The van der Waals surface area contributed by atoms with Crippen molar-refractivity contribution in [3.05, 3.63) is 62.1 Å². The third kappa shape index (κ3) is 2.82. The minimum absolute atomic E-state index is 0.0695. The van der Waals surface area contributed by atoms with Crippen LogP contribution in [0, 0.1) is 21.4 Å². The Kier molecular flexibility index (Phi) is 4.08. The minimum atomic E-state index is -0.591. The van der Waals surface area contributed by atoms with Crippen LogP contribution < -0.4 is 4.74 Å². The normalized spacial score (nSPS) is 9.85. The molecular formula is C13H6Cl2N2O3. The van der Waals surface area contributed by atoms with Crippen molar-refractivity contribution in [3.8, 4) is 17.6 Å². The zero-order chi connectivity index (χ0) is 14.7. The fourth-order valence-electron chi connectivity index (χ4n) is 1.51. The van der Waals surface area contributed by atoms with Gasteiger partial charge in [-0.15, -0.1) is 0 Å². The van der Waals surface area contributed by atoms with E-state index in [9.17, 15) is 10.1 Å². The topological polar surface area (TPSA) is 76.2 Å². The molecule has 0 saturated carbocycles. The second-order valence-electron chi connectivity index (χ2n) is 3.70. The van der Waals surface area contributed by atoms with Gasteiger partial charge in [0.1, 0.15) is 11.8 Å². The molecule has 0 N–H and O–H groups in total. The van der Waals surface area contributed by atoms with Crippen molar-refractivity contribution in [2.75, 3.05) is 0 Å². The smallest absolute Gasteiger partial charge is 0.313 e. The van der Waals surface area contributed by atoms with Gasteiger partial charge in [0, 0.05) is 12.1 Å². The zero-order valence-electron chi connectivity index (χ0n) is 9.84. The maximum absolute atomic E-state index is 10.9. The number of rotatable bonds is 3. The summed E-state index contributed by atoms with van der Waals surface area (Å²) in [7, 11) is 0. The van der Waals surface area contributed by atoms with Crippen LogP contribution in [0.15, 0.2) is 36.4 Å². The first-order valence-electron chi connectivity index (χ1n) is 5.33. The molecule has 0 radical (unpaired) electrons. The number of halogens is 2. The summed E-state index contributed by atoms with van der Waals surface area (Å²) in [6.07, 6.45) is 0. The first-order valence-corrected chi connectivity index (χ1v) is 6.09. The molecule has 0 amide bonds. The quantitative estimate of drug-likeness (QED) is 0.615. The van der Waals surface area contributed by atoms with Crippen LogP contribution in [-0.4, -0.2) is 4.92 Å². The van der Waals surface area contributed by atoms with Gasteiger partial charge in [0.15, 0.2) is 0 Å². The SMILES string of the molecule is N#Cc1ccc(Oc2c(Cl)cccc2[N+](=O)[O-])cc1Cl. The Morgan fingerprint density at radius 1 is 1.20 bits per heavy atom. The predicted octanol–water partition coefficient (Wildman–Crippen LogP) is 4.57. The van der Waals surface area contributed by atoms with Crippen LogP contribution >= 0.6 is 23.2 Å². The van der Waals surface area contributed by atoms with Crippen molar-refractivity contribution in [2.45, 2.75) is 0 Å². The monoisotopic (exact) mass is 308 g/mol. The molecule has 7 heteroatoms. The van der Waals surface area contributed by atoms with E-state index >= 15 is 0 Å². The van der Waals surface area contributed by atoms with Crippen molar-refractivity contribution in [2.24, 2.45) is 0 Å². The Morgan fingerprint density at radius 3 is 2.55 bits per heavy atom. The largest absolute Gasteiger partial charge is 0.448 e. The first kappa shape index (κ1) is 14.1. The van der Waals surface area contributed by atoms with Crippen molar-refractivity contribution in [1.29, 1.82) is 5.26 Å². The fourth-order valence-corrected chi connectivity index (χ4v) is 1.93.